The summed E-state index contributed by atoms with van der Waals surface area (Å²) in [4.78, 5) is 4.75. The Morgan fingerprint density at radius 3 is 1.84 bits per heavy atom. The fourth-order valence-corrected chi connectivity index (χ4v) is 3.55. The SMILES string of the molecule is O=S(=O)(O)O.O=S(=O)(O)O.c1ccc2sc(C3CCCCC3)nc2c1. The first-order chi connectivity index (χ1) is 11.4. The number of fused-ring (bicyclic) bond motifs is 1. The first-order valence-electron chi connectivity index (χ1n) is 7.18. The van der Waals surface area contributed by atoms with Gasteiger partial charge in [0, 0.05) is 5.92 Å². The smallest absolute Gasteiger partial charge is 0.264 e. The van der Waals surface area contributed by atoms with Crippen molar-refractivity contribution in [3.63, 3.8) is 0 Å². The number of benzene rings is 1. The molecule has 1 saturated carbocycles. The maximum atomic E-state index is 8.74. The van der Waals surface area contributed by atoms with Crippen molar-refractivity contribution in [1.29, 1.82) is 0 Å². The molecule has 142 valence electrons. The van der Waals surface area contributed by atoms with Crippen molar-refractivity contribution in [2.75, 3.05) is 0 Å². The largest absolute Gasteiger partial charge is 0.394 e. The van der Waals surface area contributed by atoms with Crippen LogP contribution in [-0.2, 0) is 20.8 Å². The normalized spacial score (nSPS) is 15.7. The molecule has 0 spiro atoms. The molecule has 0 radical (unpaired) electrons. The molecule has 25 heavy (non-hydrogen) atoms. The maximum Gasteiger partial charge on any atom is 0.394 e. The van der Waals surface area contributed by atoms with E-state index in [0.717, 1.165) is 5.92 Å². The molecule has 9 nitrogen and oxygen atoms in total. The Morgan fingerprint density at radius 1 is 0.880 bits per heavy atom. The lowest BCUT2D eigenvalue weighted by molar-refractivity contribution is 0.378. The average molecular weight is 413 g/mol. The topological polar surface area (TPSA) is 162 Å². The van der Waals surface area contributed by atoms with Gasteiger partial charge in [-0.1, -0.05) is 31.4 Å². The summed E-state index contributed by atoms with van der Waals surface area (Å²) in [6, 6.07) is 8.48. The van der Waals surface area contributed by atoms with Gasteiger partial charge in [0.05, 0.1) is 15.2 Å². The van der Waals surface area contributed by atoms with Gasteiger partial charge in [0.1, 0.15) is 0 Å². The molecule has 2 aromatic rings. The van der Waals surface area contributed by atoms with E-state index in [0.29, 0.717) is 0 Å². The highest BCUT2D eigenvalue weighted by Gasteiger charge is 2.18. The predicted molar refractivity (Wildman–Crippen MR) is 93.8 cm³/mol. The second kappa shape index (κ2) is 9.52. The standard InChI is InChI=1S/C13H15NS.2H2O4S/c1-2-6-10(7-3-1)13-14-11-8-4-5-9-12(11)15-13;2*1-5(2,3)4/h4-5,8-10H,1-3,6-7H2;2*(H2,1,2,3,4). The van der Waals surface area contributed by atoms with Gasteiger partial charge in [0.2, 0.25) is 0 Å². The molecular weight excluding hydrogens is 394 g/mol. The zero-order chi connectivity index (χ0) is 19.1. The molecule has 4 N–H and O–H groups in total. The number of thiazole rings is 1. The fraction of sp³-hybridized carbons (Fsp3) is 0.462. The molecule has 12 heteroatoms. The van der Waals surface area contributed by atoms with Gasteiger partial charge in [-0.25, -0.2) is 4.98 Å². The van der Waals surface area contributed by atoms with Gasteiger partial charge in [0.25, 0.3) is 0 Å². The molecule has 0 unspecified atom stereocenters. The Bertz CT molecular complexity index is 791. The van der Waals surface area contributed by atoms with Gasteiger partial charge < -0.3 is 0 Å². The number of aromatic nitrogens is 1. The van der Waals surface area contributed by atoms with E-state index in [1.54, 1.807) is 0 Å². The average Bonchev–Trinajstić information content (AvgIpc) is 2.88. The molecule has 3 rings (SSSR count). The summed E-state index contributed by atoms with van der Waals surface area (Å²) in [5.74, 6) is 0.746. The van der Waals surface area contributed by atoms with E-state index in [1.807, 2.05) is 11.3 Å². The first kappa shape index (κ1) is 21.9. The molecule has 1 aromatic carbocycles. The van der Waals surface area contributed by atoms with E-state index in [4.69, 9.17) is 40.0 Å². The highest BCUT2D eigenvalue weighted by molar-refractivity contribution is 7.80. The Hall–Kier alpha value is -1.15. The molecule has 0 atom stereocenters. The lowest BCUT2D eigenvalue weighted by atomic mass is 9.90. The van der Waals surface area contributed by atoms with Crippen LogP contribution in [0.25, 0.3) is 10.2 Å². The van der Waals surface area contributed by atoms with Crippen LogP contribution < -0.4 is 0 Å². The molecule has 1 aliphatic carbocycles. The van der Waals surface area contributed by atoms with Crippen molar-refractivity contribution in [3.8, 4) is 0 Å². The van der Waals surface area contributed by atoms with Crippen LogP contribution in [0.3, 0.4) is 0 Å². The van der Waals surface area contributed by atoms with Gasteiger partial charge in [-0.3, -0.25) is 18.2 Å². The van der Waals surface area contributed by atoms with E-state index >= 15 is 0 Å². The summed E-state index contributed by atoms with van der Waals surface area (Å²) in [6.45, 7) is 0. The van der Waals surface area contributed by atoms with E-state index in [-0.39, 0.29) is 0 Å². The summed E-state index contributed by atoms with van der Waals surface area (Å²) >= 11 is 1.89. The molecular formula is C13H19NO8S3. The fourth-order valence-electron chi connectivity index (χ4n) is 2.41. The van der Waals surface area contributed by atoms with Crippen LogP contribution in [0.1, 0.15) is 43.0 Å². The monoisotopic (exact) mass is 413 g/mol. The van der Waals surface area contributed by atoms with Crippen LogP contribution in [-0.4, -0.2) is 40.0 Å². The highest BCUT2D eigenvalue weighted by atomic mass is 32.3. The van der Waals surface area contributed by atoms with Crippen LogP contribution in [0, 0.1) is 0 Å². The Morgan fingerprint density at radius 2 is 1.36 bits per heavy atom. The summed E-state index contributed by atoms with van der Waals surface area (Å²) in [5, 5.41) is 1.37. The van der Waals surface area contributed by atoms with Crippen molar-refractivity contribution in [1.82, 2.24) is 4.98 Å². The Kier molecular flexibility index (Phi) is 8.34. The van der Waals surface area contributed by atoms with Crippen LogP contribution in [0.5, 0.6) is 0 Å². The van der Waals surface area contributed by atoms with Crippen molar-refractivity contribution < 1.29 is 35.0 Å². The van der Waals surface area contributed by atoms with E-state index in [2.05, 4.69) is 24.3 Å². The number of hydrogen-bond acceptors (Lipinski definition) is 6. The minimum atomic E-state index is -4.67. The third-order valence-corrected chi connectivity index (χ3v) is 4.46. The number of rotatable bonds is 1. The minimum absolute atomic E-state index is 0.746. The second-order valence-corrected chi connectivity index (χ2v) is 8.10. The molecule has 0 bridgehead atoms. The van der Waals surface area contributed by atoms with Crippen molar-refractivity contribution in [3.05, 3.63) is 29.3 Å². The number of hydrogen-bond donors (Lipinski definition) is 4. The summed E-state index contributed by atoms with van der Waals surface area (Å²) in [6.07, 6.45) is 6.89. The zero-order valence-corrected chi connectivity index (χ0v) is 15.5. The lowest BCUT2D eigenvalue weighted by Crippen LogP contribution is -2.03. The van der Waals surface area contributed by atoms with Crippen LogP contribution in [0.4, 0.5) is 0 Å². The summed E-state index contributed by atoms with van der Waals surface area (Å²) in [5.41, 5.74) is 1.18. The summed E-state index contributed by atoms with van der Waals surface area (Å²) in [7, 11) is -9.33. The third kappa shape index (κ3) is 11.1. The van der Waals surface area contributed by atoms with Crippen LogP contribution in [0.2, 0.25) is 0 Å². The van der Waals surface area contributed by atoms with E-state index in [9.17, 15) is 0 Å². The van der Waals surface area contributed by atoms with Crippen LogP contribution >= 0.6 is 11.3 Å². The molecule has 1 fully saturated rings. The maximum absolute atomic E-state index is 8.74. The molecule has 1 aromatic heterocycles. The zero-order valence-electron chi connectivity index (χ0n) is 13.0. The molecule has 0 aliphatic heterocycles. The van der Waals surface area contributed by atoms with E-state index in [1.165, 1.54) is 47.3 Å². The van der Waals surface area contributed by atoms with Crippen molar-refractivity contribution in [2.24, 2.45) is 0 Å². The first-order valence-corrected chi connectivity index (χ1v) is 10.8. The Labute approximate surface area is 149 Å². The van der Waals surface area contributed by atoms with Gasteiger partial charge in [-0.05, 0) is 25.0 Å². The van der Waals surface area contributed by atoms with Gasteiger partial charge >= 0.3 is 20.8 Å². The van der Waals surface area contributed by atoms with Crippen molar-refractivity contribution in [2.45, 2.75) is 38.0 Å². The molecule has 0 saturated heterocycles. The highest BCUT2D eigenvalue weighted by Crippen LogP contribution is 2.36. The molecule has 0 amide bonds. The van der Waals surface area contributed by atoms with Gasteiger partial charge in [-0.2, -0.15) is 16.8 Å². The number of para-hydroxylation sites is 1. The molecule has 1 aliphatic rings. The Balaban J connectivity index is 0.000000262. The van der Waals surface area contributed by atoms with E-state index < -0.39 is 20.8 Å². The minimum Gasteiger partial charge on any atom is -0.264 e. The molecule has 1 heterocycles. The summed E-state index contributed by atoms with van der Waals surface area (Å²) < 4.78 is 64.5. The lowest BCUT2D eigenvalue weighted by Gasteiger charge is -2.18. The third-order valence-electron chi connectivity index (χ3n) is 3.26. The predicted octanol–water partition coefficient (Wildman–Crippen LogP) is 3.04. The van der Waals surface area contributed by atoms with Crippen LogP contribution in [0.15, 0.2) is 24.3 Å². The van der Waals surface area contributed by atoms with Gasteiger partial charge in [0.15, 0.2) is 0 Å². The quantitative estimate of drug-likeness (QED) is 0.515. The van der Waals surface area contributed by atoms with Gasteiger partial charge in [-0.15, -0.1) is 11.3 Å². The second-order valence-electron chi connectivity index (χ2n) is 5.25. The van der Waals surface area contributed by atoms with Crippen molar-refractivity contribution >= 4 is 42.4 Å². The number of nitrogens with zero attached hydrogens (tertiary/aromatic N) is 1.